The molecule has 0 fully saturated rings. The molecule has 0 aromatic rings. The normalized spacial score (nSPS) is 22.9. The number of nitrogens with zero attached hydrogens (tertiary/aromatic N) is 1. The molecule has 1 heterocycles. The van der Waals surface area contributed by atoms with Gasteiger partial charge < -0.3 is 5.43 Å². The van der Waals surface area contributed by atoms with Crippen molar-refractivity contribution in [3.63, 3.8) is 0 Å². The molecule has 1 aliphatic heterocycles. The van der Waals surface area contributed by atoms with Crippen LogP contribution in [0.3, 0.4) is 0 Å². The molecule has 1 rings (SSSR count). The molecular weight excluding hydrogens is 184 g/mol. The second-order valence-electron chi connectivity index (χ2n) is 2.70. The largest absolute Gasteiger partial charge is 0.302 e. The Morgan fingerprint density at radius 2 is 1.80 bits per heavy atom. The van der Waals surface area contributed by atoms with Gasteiger partial charge in [0.2, 0.25) is 0 Å². The lowest BCUT2D eigenvalue weighted by Crippen LogP contribution is -2.24. The summed E-state index contributed by atoms with van der Waals surface area (Å²) in [5, 5.41) is 4.13. The van der Waals surface area contributed by atoms with E-state index in [1.807, 2.05) is 53.7 Å². The molecule has 0 bridgehead atoms. The van der Waals surface area contributed by atoms with E-state index in [1.165, 1.54) is 0 Å². The highest BCUT2D eigenvalue weighted by Crippen LogP contribution is 2.14. The molecule has 0 aromatic heterocycles. The van der Waals surface area contributed by atoms with Gasteiger partial charge in [0.1, 0.15) is 0 Å². The van der Waals surface area contributed by atoms with E-state index in [9.17, 15) is 0 Å². The number of allylic oxidation sites excluding steroid dienone is 1. The molecule has 1 aliphatic rings. The molecule has 2 unspecified atom stereocenters. The van der Waals surface area contributed by atoms with Crippen LogP contribution in [0.4, 0.5) is 0 Å². The van der Waals surface area contributed by atoms with E-state index in [4.69, 9.17) is 0 Å². The van der Waals surface area contributed by atoms with Crippen molar-refractivity contribution >= 4 is 5.71 Å². The number of hydrogen-bond donors (Lipinski definition) is 1. The number of nitrogens with one attached hydrogen (secondary N) is 1. The highest BCUT2D eigenvalue weighted by molar-refractivity contribution is 5.88. The first kappa shape index (κ1) is 16.4. The van der Waals surface area contributed by atoms with Gasteiger partial charge in [-0.05, 0) is 13.8 Å². The number of hydrogen-bond acceptors (Lipinski definition) is 2. The topological polar surface area (TPSA) is 24.4 Å². The molecule has 2 atom stereocenters. The Morgan fingerprint density at radius 3 is 2.20 bits per heavy atom. The maximum Gasteiger partial charge on any atom is 0.0735 e. The Morgan fingerprint density at radius 1 is 1.27 bits per heavy atom. The van der Waals surface area contributed by atoms with E-state index in [0.717, 1.165) is 5.71 Å². The van der Waals surface area contributed by atoms with Crippen LogP contribution in [-0.2, 0) is 0 Å². The van der Waals surface area contributed by atoms with Gasteiger partial charge in [0.05, 0.1) is 6.04 Å². The van der Waals surface area contributed by atoms with Crippen molar-refractivity contribution in [2.45, 2.75) is 47.6 Å². The third-order valence-electron chi connectivity index (χ3n) is 1.91. The second-order valence-corrected chi connectivity index (χ2v) is 2.70. The molecule has 88 valence electrons. The molecule has 0 aliphatic carbocycles. The first-order valence-electron chi connectivity index (χ1n) is 5.84. The van der Waals surface area contributed by atoms with E-state index in [1.54, 1.807) is 0 Å². The minimum absolute atomic E-state index is 0.317. The van der Waals surface area contributed by atoms with Gasteiger partial charge in [0.15, 0.2) is 0 Å². The molecule has 0 amide bonds. The van der Waals surface area contributed by atoms with Crippen LogP contribution >= 0.6 is 0 Å². The van der Waals surface area contributed by atoms with E-state index in [2.05, 4.69) is 23.2 Å². The highest BCUT2D eigenvalue weighted by atomic mass is 15.3. The standard InChI is InChI=1S/C9H14N2.2C2H6/c1-4-6-9-8(5-2)7(3)10-11-9;2*1-2/h4-6,8-9,11H,2H2,1,3H3;2*1-2H3/b6-4-;;. The summed E-state index contributed by atoms with van der Waals surface area (Å²) in [5.74, 6) is 0.367. The summed E-state index contributed by atoms with van der Waals surface area (Å²) in [6, 6.07) is 0.317. The van der Waals surface area contributed by atoms with Crippen LogP contribution < -0.4 is 5.43 Å². The lowest BCUT2D eigenvalue weighted by molar-refractivity contribution is 0.625. The zero-order valence-electron chi connectivity index (χ0n) is 11.0. The Kier molecular flexibility index (Phi) is 12.0. The molecule has 2 nitrogen and oxygen atoms in total. The number of rotatable bonds is 2. The van der Waals surface area contributed by atoms with Crippen LogP contribution in [0, 0.1) is 5.92 Å². The van der Waals surface area contributed by atoms with E-state index < -0.39 is 0 Å². The van der Waals surface area contributed by atoms with E-state index in [-0.39, 0.29) is 0 Å². The molecule has 2 heteroatoms. The van der Waals surface area contributed by atoms with Crippen LogP contribution in [0.2, 0.25) is 0 Å². The van der Waals surface area contributed by atoms with Gasteiger partial charge >= 0.3 is 0 Å². The molecule has 0 aromatic carbocycles. The third kappa shape index (κ3) is 5.40. The molecule has 0 saturated carbocycles. The predicted molar refractivity (Wildman–Crippen MR) is 71.2 cm³/mol. The predicted octanol–water partition coefficient (Wildman–Crippen LogP) is 3.76. The maximum atomic E-state index is 4.13. The summed E-state index contributed by atoms with van der Waals surface area (Å²) in [7, 11) is 0. The van der Waals surface area contributed by atoms with Gasteiger partial charge in [-0.25, -0.2) is 0 Å². The van der Waals surface area contributed by atoms with Crippen LogP contribution in [0.5, 0.6) is 0 Å². The SMILES string of the molecule is C=CC1C(C)=NNC1/C=C\C.CC.CC. The van der Waals surface area contributed by atoms with E-state index in [0.29, 0.717) is 12.0 Å². The summed E-state index contributed by atoms with van der Waals surface area (Å²) in [4.78, 5) is 0. The quantitative estimate of drug-likeness (QED) is 0.689. The van der Waals surface area contributed by atoms with Crippen molar-refractivity contribution in [3.05, 3.63) is 24.8 Å². The minimum atomic E-state index is 0.317. The highest BCUT2D eigenvalue weighted by Gasteiger charge is 2.23. The van der Waals surface area contributed by atoms with Crippen molar-refractivity contribution in [2.75, 3.05) is 0 Å². The van der Waals surface area contributed by atoms with Gasteiger partial charge in [-0.1, -0.05) is 45.9 Å². The van der Waals surface area contributed by atoms with Crippen molar-refractivity contribution in [1.82, 2.24) is 5.43 Å². The molecular formula is C13H26N2. The van der Waals surface area contributed by atoms with Gasteiger partial charge in [-0.2, -0.15) is 5.10 Å². The van der Waals surface area contributed by atoms with Crippen LogP contribution in [0.15, 0.2) is 29.9 Å². The average Bonchev–Trinajstić information content (AvgIpc) is 2.65. The Bertz CT molecular complexity index is 205. The van der Waals surface area contributed by atoms with Crippen LogP contribution in [0.1, 0.15) is 41.5 Å². The van der Waals surface area contributed by atoms with Gasteiger partial charge in [-0.3, -0.25) is 0 Å². The first-order chi connectivity index (χ1) is 7.29. The molecule has 1 N–H and O–H groups in total. The Hall–Kier alpha value is -1.05. The lowest BCUT2D eigenvalue weighted by atomic mass is 9.97. The lowest BCUT2D eigenvalue weighted by Gasteiger charge is -2.10. The summed E-state index contributed by atoms with van der Waals surface area (Å²) in [5.41, 5.74) is 4.15. The Balaban J connectivity index is 0. The fourth-order valence-electron chi connectivity index (χ4n) is 1.28. The van der Waals surface area contributed by atoms with Crippen molar-refractivity contribution in [3.8, 4) is 0 Å². The van der Waals surface area contributed by atoms with Gasteiger partial charge in [0, 0.05) is 11.6 Å². The zero-order chi connectivity index (χ0) is 12.3. The molecule has 15 heavy (non-hydrogen) atoms. The van der Waals surface area contributed by atoms with Crippen LogP contribution in [-0.4, -0.2) is 11.8 Å². The first-order valence-corrected chi connectivity index (χ1v) is 5.84. The summed E-state index contributed by atoms with van der Waals surface area (Å²) in [6.45, 7) is 15.8. The monoisotopic (exact) mass is 210 g/mol. The number of hydrazone groups is 1. The smallest absolute Gasteiger partial charge is 0.0735 e. The Labute approximate surface area is 95.2 Å². The van der Waals surface area contributed by atoms with Gasteiger partial charge in [-0.15, -0.1) is 6.58 Å². The summed E-state index contributed by atoms with van der Waals surface area (Å²) >= 11 is 0. The fraction of sp³-hybridized carbons (Fsp3) is 0.615. The van der Waals surface area contributed by atoms with Gasteiger partial charge in [0.25, 0.3) is 0 Å². The molecule has 0 spiro atoms. The summed E-state index contributed by atoms with van der Waals surface area (Å²) < 4.78 is 0. The minimum Gasteiger partial charge on any atom is -0.302 e. The maximum absolute atomic E-state index is 4.13. The van der Waals surface area contributed by atoms with E-state index >= 15 is 0 Å². The van der Waals surface area contributed by atoms with Crippen molar-refractivity contribution < 1.29 is 0 Å². The zero-order valence-corrected chi connectivity index (χ0v) is 11.0. The average molecular weight is 210 g/mol. The van der Waals surface area contributed by atoms with Crippen molar-refractivity contribution in [2.24, 2.45) is 11.0 Å². The van der Waals surface area contributed by atoms with Crippen LogP contribution in [0.25, 0.3) is 0 Å². The molecule has 0 radical (unpaired) electrons. The molecule has 0 saturated heterocycles. The van der Waals surface area contributed by atoms with Crippen molar-refractivity contribution in [1.29, 1.82) is 0 Å². The fourth-order valence-corrected chi connectivity index (χ4v) is 1.28. The third-order valence-corrected chi connectivity index (χ3v) is 1.91. The summed E-state index contributed by atoms with van der Waals surface area (Å²) in [6.07, 6.45) is 6.07. The second kappa shape index (κ2) is 11.0.